The summed E-state index contributed by atoms with van der Waals surface area (Å²) in [5.74, 6) is 1.01. The van der Waals surface area contributed by atoms with Crippen molar-refractivity contribution in [1.82, 2.24) is 24.3 Å². The minimum absolute atomic E-state index is 0.284. The van der Waals surface area contributed by atoms with Crippen molar-refractivity contribution in [3.63, 3.8) is 0 Å². The minimum Gasteiger partial charge on any atom is -0.326 e. The van der Waals surface area contributed by atoms with E-state index < -0.39 is 0 Å². The Morgan fingerprint density at radius 2 is 2.39 bits per heavy atom. The van der Waals surface area contributed by atoms with Crippen LogP contribution in [0.25, 0.3) is 10.7 Å². The lowest BCUT2D eigenvalue weighted by Crippen LogP contribution is -2.13. The van der Waals surface area contributed by atoms with E-state index in [1.54, 1.807) is 24.0 Å². The van der Waals surface area contributed by atoms with Gasteiger partial charge in [-0.2, -0.15) is 5.10 Å². The smallest absolute Gasteiger partial charge is 0.150 e. The molecule has 0 fully saturated rings. The van der Waals surface area contributed by atoms with Gasteiger partial charge < -0.3 is 4.57 Å². The van der Waals surface area contributed by atoms with E-state index in [4.69, 9.17) is 0 Å². The Morgan fingerprint density at radius 3 is 3.11 bits per heavy atom. The molecule has 1 atom stereocenters. The van der Waals surface area contributed by atoms with Gasteiger partial charge in [-0.15, -0.1) is 11.3 Å². The fraction of sp³-hybridized carbons (Fsp3) is 0.250. The van der Waals surface area contributed by atoms with Crippen molar-refractivity contribution in [3.05, 3.63) is 42.6 Å². The van der Waals surface area contributed by atoms with Gasteiger partial charge in [0.05, 0.1) is 17.5 Å². The maximum atomic E-state index is 4.44. The molecule has 0 aliphatic heterocycles. The van der Waals surface area contributed by atoms with Crippen LogP contribution in [-0.4, -0.2) is 24.3 Å². The first kappa shape index (κ1) is 11.2. The lowest BCUT2D eigenvalue weighted by Gasteiger charge is -2.15. The summed E-state index contributed by atoms with van der Waals surface area (Å²) < 4.78 is 4.01. The van der Waals surface area contributed by atoms with Gasteiger partial charge in [0.1, 0.15) is 18.5 Å². The zero-order valence-electron chi connectivity index (χ0n) is 9.97. The Morgan fingerprint density at radius 1 is 1.44 bits per heavy atom. The summed E-state index contributed by atoms with van der Waals surface area (Å²) in [7, 11) is 0. The zero-order chi connectivity index (χ0) is 12.4. The van der Waals surface area contributed by atoms with Gasteiger partial charge >= 0.3 is 0 Å². The molecular weight excluding hydrogens is 246 g/mol. The highest BCUT2D eigenvalue weighted by Crippen LogP contribution is 2.25. The fourth-order valence-electron chi connectivity index (χ4n) is 1.95. The van der Waals surface area contributed by atoms with E-state index >= 15 is 0 Å². The molecule has 0 bridgehead atoms. The van der Waals surface area contributed by atoms with E-state index in [2.05, 4.69) is 38.0 Å². The highest BCUT2D eigenvalue weighted by molar-refractivity contribution is 7.13. The van der Waals surface area contributed by atoms with Gasteiger partial charge in [-0.05, 0) is 18.4 Å². The van der Waals surface area contributed by atoms with Gasteiger partial charge in [0, 0.05) is 12.4 Å². The molecule has 0 amide bonds. The monoisotopic (exact) mass is 259 g/mol. The predicted octanol–water partition coefficient (Wildman–Crippen LogP) is 2.46. The van der Waals surface area contributed by atoms with Gasteiger partial charge in [0.25, 0.3) is 0 Å². The van der Waals surface area contributed by atoms with Crippen LogP contribution in [0.5, 0.6) is 0 Å². The molecule has 1 unspecified atom stereocenters. The van der Waals surface area contributed by atoms with Crippen LogP contribution in [0, 0.1) is 0 Å². The number of thiophene rings is 1. The third-order valence-corrected chi connectivity index (χ3v) is 3.67. The third kappa shape index (κ3) is 2.06. The molecular formula is C12H13N5S. The molecule has 0 spiro atoms. The highest BCUT2D eigenvalue weighted by Gasteiger charge is 2.12. The fourth-order valence-corrected chi connectivity index (χ4v) is 2.68. The van der Waals surface area contributed by atoms with Gasteiger partial charge in [0.15, 0.2) is 0 Å². The van der Waals surface area contributed by atoms with E-state index in [0.29, 0.717) is 0 Å². The summed E-state index contributed by atoms with van der Waals surface area (Å²) in [5, 5.41) is 6.20. The SMILES string of the molecule is CC(Cn1cncn1)n1ccnc1-c1cccs1. The van der Waals surface area contributed by atoms with Crippen molar-refractivity contribution in [2.75, 3.05) is 0 Å². The van der Waals surface area contributed by atoms with Crippen LogP contribution in [0.2, 0.25) is 0 Å². The summed E-state index contributed by atoms with van der Waals surface area (Å²) in [6, 6.07) is 4.42. The molecule has 3 heterocycles. The lowest BCUT2D eigenvalue weighted by molar-refractivity contribution is 0.440. The number of nitrogens with zero attached hydrogens (tertiary/aromatic N) is 5. The summed E-state index contributed by atoms with van der Waals surface area (Å²) in [4.78, 5) is 9.58. The van der Waals surface area contributed by atoms with Crippen molar-refractivity contribution in [3.8, 4) is 10.7 Å². The molecule has 3 rings (SSSR count). The molecule has 92 valence electrons. The van der Waals surface area contributed by atoms with Crippen LogP contribution in [0.4, 0.5) is 0 Å². The molecule has 0 saturated carbocycles. The number of rotatable bonds is 4. The maximum Gasteiger partial charge on any atom is 0.150 e. The number of imidazole rings is 1. The Labute approximate surface area is 109 Å². The molecule has 0 radical (unpaired) electrons. The van der Waals surface area contributed by atoms with Crippen LogP contribution in [0.3, 0.4) is 0 Å². The van der Waals surface area contributed by atoms with Gasteiger partial charge in [-0.1, -0.05) is 6.07 Å². The van der Waals surface area contributed by atoms with E-state index in [0.717, 1.165) is 12.4 Å². The van der Waals surface area contributed by atoms with Crippen LogP contribution < -0.4 is 0 Å². The molecule has 6 heteroatoms. The number of hydrogen-bond acceptors (Lipinski definition) is 4. The normalized spacial score (nSPS) is 12.7. The van der Waals surface area contributed by atoms with Gasteiger partial charge in [0.2, 0.25) is 0 Å². The summed E-state index contributed by atoms with van der Waals surface area (Å²) in [5.41, 5.74) is 0. The van der Waals surface area contributed by atoms with E-state index in [-0.39, 0.29) is 6.04 Å². The van der Waals surface area contributed by atoms with Crippen molar-refractivity contribution in [1.29, 1.82) is 0 Å². The Kier molecular flexibility index (Phi) is 2.93. The molecule has 0 aliphatic rings. The van der Waals surface area contributed by atoms with Crippen molar-refractivity contribution in [2.24, 2.45) is 0 Å². The quantitative estimate of drug-likeness (QED) is 0.723. The second-order valence-corrected chi connectivity index (χ2v) is 5.05. The number of hydrogen-bond donors (Lipinski definition) is 0. The molecule has 0 aliphatic carbocycles. The van der Waals surface area contributed by atoms with Crippen molar-refractivity contribution in [2.45, 2.75) is 19.5 Å². The van der Waals surface area contributed by atoms with Crippen LogP contribution in [0.15, 0.2) is 42.6 Å². The van der Waals surface area contributed by atoms with Crippen LogP contribution >= 0.6 is 11.3 Å². The maximum absolute atomic E-state index is 4.44. The largest absolute Gasteiger partial charge is 0.326 e. The first-order chi connectivity index (χ1) is 8.84. The topological polar surface area (TPSA) is 48.5 Å². The summed E-state index contributed by atoms with van der Waals surface area (Å²) in [6.07, 6.45) is 7.14. The molecule has 18 heavy (non-hydrogen) atoms. The van der Waals surface area contributed by atoms with Crippen LogP contribution in [-0.2, 0) is 6.54 Å². The lowest BCUT2D eigenvalue weighted by atomic mass is 10.3. The molecule has 0 saturated heterocycles. The first-order valence-electron chi connectivity index (χ1n) is 5.73. The number of aromatic nitrogens is 5. The molecule has 0 aromatic carbocycles. The first-order valence-corrected chi connectivity index (χ1v) is 6.61. The average Bonchev–Trinajstić information content (AvgIpc) is 3.11. The molecule has 3 aromatic rings. The second-order valence-electron chi connectivity index (χ2n) is 4.10. The average molecular weight is 259 g/mol. The predicted molar refractivity (Wildman–Crippen MR) is 70.3 cm³/mol. The third-order valence-electron chi connectivity index (χ3n) is 2.80. The Balaban J connectivity index is 1.86. The minimum atomic E-state index is 0.284. The summed E-state index contributed by atoms with van der Waals surface area (Å²) >= 11 is 1.70. The Hall–Kier alpha value is -1.95. The second kappa shape index (κ2) is 4.73. The molecule has 5 nitrogen and oxygen atoms in total. The van der Waals surface area contributed by atoms with E-state index in [9.17, 15) is 0 Å². The zero-order valence-corrected chi connectivity index (χ0v) is 10.8. The van der Waals surface area contributed by atoms with E-state index in [1.165, 1.54) is 4.88 Å². The molecule has 0 N–H and O–H groups in total. The Bertz CT molecular complexity index is 596. The van der Waals surface area contributed by atoms with E-state index in [1.807, 2.05) is 23.1 Å². The highest BCUT2D eigenvalue weighted by atomic mass is 32.1. The standard InChI is InChI=1S/C12H13N5S/c1-10(7-16-9-13-8-15-16)17-5-4-14-12(17)11-3-2-6-18-11/h2-6,8-10H,7H2,1H3. The van der Waals surface area contributed by atoms with Gasteiger partial charge in [-0.3, -0.25) is 4.68 Å². The van der Waals surface area contributed by atoms with Gasteiger partial charge in [-0.25, -0.2) is 9.97 Å². The molecule has 3 aromatic heterocycles. The van der Waals surface area contributed by atoms with Crippen molar-refractivity contribution < 1.29 is 0 Å². The van der Waals surface area contributed by atoms with Crippen LogP contribution in [0.1, 0.15) is 13.0 Å². The summed E-state index contributed by atoms with van der Waals surface area (Å²) in [6.45, 7) is 2.94. The van der Waals surface area contributed by atoms with Crippen molar-refractivity contribution >= 4 is 11.3 Å².